The first-order valence-electron chi connectivity index (χ1n) is 6.09. The van der Waals surface area contributed by atoms with Gasteiger partial charge in [0.05, 0.1) is 5.56 Å². The Hall–Kier alpha value is -1.70. The van der Waals surface area contributed by atoms with Gasteiger partial charge in [-0.1, -0.05) is 11.8 Å². The molecule has 0 atom stereocenters. The van der Waals surface area contributed by atoms with Crippen molar-refractivity contribution in [2.24, 2.45) is 4.99 Å². The second-order valence-electron chi connectivity index (χ2n) is 4.91. The van der Waals surface area contributed by atoms with Crippen LogP contribution >= 0.6 is 11.8 Å². The van der Waals surface area contributed by atoms with Crippen molar-refractivity contribution >= 4 is 22.8 Å². The van der Waals surface area contributed by atoms with Crippen LogP contribution in [0.5, 0.6) is 0 Å². The van der Waals surface area contributed by atoms with E-state index in [9.17, 15) is 18.0 Å². The highest BCUT2D eigenvalue weighted by Gasteiger charge is 2.41. The van der Waals surface area contributed by atoms with E-state index in [0.29, 0.717) is 5.17 Å². The zero-order valence-corrected chi connectivity index (χ0v) is 12.5. The molecule has 21 heavy (non-hydrogen) atoms. The SMILES string of the molecule is CN=C1NN(C(=O)c2ccc(C(F)(F)F)cc2)C(C)(C)S1. The maximum Gasteiger partial charge on any atom is 0.416 e. The summed E-state index contributed by atoms with van der Waals surface area (Å²) in [6.07, 6.45) is -4.41. The van der Waals surface area contributed by atoms with Crippen molar-refractivity contribution in [2.45, 2.75) is 24.9 Å². The van der Waals surface area contributed by atoms with Crippen LogP contribution in [0.3, 0.4) is 0 Å². The predicted molar refractivity (Wildman–Crippen MR) is 75.8 cm³/mol. The Morgan fingerprint density at radius 2 is 1.86 bits per heavy atom. The molecule has 2 rings (SSSR count). The average molecular weight is 317 g/mol. The third-order valence-corrected chi connectivity index (χ3v) is 4.11. The second kappa shape index (κ2) is 5.25. The third-order valence-electron chi connectivity index (χ3n) is 2.96. The standard InChI is InChI=1S/C13H14F3N3OS/c1-12(2)19(18-11(17-3)21-12)10(20)8-4-6-9(7-5-8)13(14,15)16/h4-7H,1-3H3,(H,17,18). The lowest BCUT2D eigenvalue weighted by Gasteiger charge is -2.28. The summed E-state index contributed by atoms with van der Waals surface area (Å²) in [4.78, 5) is 15.8. The Kier molecular flexibility index (Phi) is 3.92. The number of alkyl halides is 3. The van der Waals surface area contributed by atoms with Gasteiger partial charge in [0.1, 0.15) is 4.87 Å². The fourth-order valence-corrected chi connectivity index (χ4v) is 2.78. The quantitative estimate of drug-likeness (QED) is 0.865. The van der Waals surface area contributed by atoms with Gasteiger partial charge in [-0.3, -0.25) is 15.2 Å². The Morgan fingerprint density at radius 3 is 2.29 bits per heavy atom. The van der Waals surface area contributed by atoms with E-state index >= 15 is 0 Å². The normalized spacial score (nSPS) is 19.7. The maximum absolute atomic E-state index is 12.5. The number of nitrogens with zero attached hydrogens (tertiary/aromatic N) is 2. The molecule has 1 fully saturated rings. The minimum absolute atomic E-state index is 0.182. The molecular formula is C13H14F3N3OS. The molecule has 0 unspecified atom stereocenters. The Morgan fingerprint density at radius 1 is 1.29 bits per heavy atom. The van der Waals surface area contributed by atoms with Crippen molar-refractivity contribution < 1.29 is 18.0 Å². The lowest BCUT2D eigenvalue weighted by molar-refractivity contribution is -0.137. The number of hydrogen-bond acceptors (Lipinski definition) is 3. The zero-order chi connectivity index (χ0) is 15.8. The fourth-order valence-electron chi connectivity index (χ4n) is 1.86. The van der Waals surface area contributed by atoms with Crippen LogP contribution < -0.4 is 5.43 Å². The lowest BCUT2D eigenvalue weighted by Crippen LogP contribution is -2.47. The molecule has 0 spiro atoms. The number of carbonyl (C=O) groups excluding carboxylic acids is 1. The second-order valence-corrected chi connectivity index (χ2v) is 6.49. The molecule has 1 N–H and O–H groups in total. The topological polar surface area (TPSA) is 44.7 Å². The minimum atomic E-state index is -4.41. The smallest absolute Gasteiger partial charge is 0.272 e. The number of hydrazine groups is 1. The van der Waals surface area contributed by atoms with Crippen LogP contribution in [0.4, 0.5) is 13.2 Å². The lowest BCUT2D eigenvalue weighted by atomic mass is 10.1. The van der Waals surface area contributed by atoms with Crippen molar-refractivity contribution in [1.29, 1.82) is 0 Å². The number of carbonyl (C=O) groups is 1. The van der Waals surface area contributed by atoms with Crippen LogP contribution in [0.2, 0.25) is 0 Å². The molecular weight excluding hydrogens is 303 g/mol. The van der Waals surface area contributed by atoms with Crippen LogP contribution in [0.15, 0.2) is 29.3 Å². The fraction of sp³-hybridized carbons (Fsp3) is 0.385. The molecule has 0 aromatic heterocycles. The molecule has 1 aliphatic heterocycles. The zero-order valence-electron chi connectivity index (χ0n) is 11.7. The highest BCUT2D eigenvalue weighted by molar-refractivity contribution is 8.15. The molecule has 0 bridgehead atoms. The van der Waals surface area contributed by atoms with E-state index in [-0.39, 0.29) is 5.56 Å². The maximum atomic E-state index is 12.5. The minimum Gasteiger partial charge on any atom is -0.272 e. The molecule has 0 aliphatic carbocycles. The van der Waals surface area contributed by atoms with Gasteiger partial charge in [-0.25, -0.2) is 5.01 Å². The van der Waals surface area contributed by atoms with Gasteiger partial charge in [-0.15, -0.1) is 0 Å². The van der Waals surface area contributed by atoms with E-state index in [4.69, 9.17) is 0 Å². The first-order valence-corrected chi connectivity index (χ1v) is 6.91. The van der Waals surface area contributed by atoms with Gasteiger partial charge in [0, 0.05) is 12.6 Å². The number of hydrogen-bond donors (Lipinski definition) is 1. The summed E-state index contributed by atoms with van der Waals surface area (Å²) in [5.74, 6) is -0.403. The molecule has 1 amide bonds. The molecule has 0 saturated carbocycles. The van der Waals surface area contributed by atoms with Crippen LogP contribution in [0, 0.1) is 0 Å². The first kappa shape index (κ1) is 15.7. The molecule has 1 aromatic carbocycles. The van der Waals surface area contributed by atoms with Crippen molar-refractivity contribution in [3.05, 3.63) is 35.4 Å². The number of benzene rings is 1. The Bertz CT molecular complexity index is 581. The van der Waals surface area contributed by atoms with Gasteiger partial charge in [0.25, 0.3) is 5.91 Å². The third kappa shape index (κ3) is 3.15. The molecule has 114 valence electrons. The van der Waals surface area contributed by atoms with Crippen molar-refractivity contribution in [1.82, 2.24) is 10.4 Å². The number of rotatable bonds is 1. The number of nitrogens with one attached hydrogen (secondary N) is 1. The van der Waals surface area contributed by atoms with Gasteiger partial charge in [0.15, 0.2) is 5.17 Å². The number of thioether (sulfide) groups is 1. The van der Waals surface area contributed by atoms with Crippen LogP contribution in [-0.4, -0.2) is 28.0 Å². The van der Waals surface area contributed by atoms with E-state index in [1.54, 1.807) is 7.05 Å². The number of halogens is 3. The highest BCUT2D eigenvalue weighted by atomic mass is 32.2. The summed E-state index contributed by atoms with van der Waals surface area (Å²) in [6, 6.07) is 4.15. The van der Waals surface area contributed by atoms with Gasteiger partial charge in [-0.05, 0) is 38.1 Å². The average Bonchev–Trinajstić information content (AvgIpc) is 2.72. The van der Waals surface area contributed by atoms with Gasteiger partial charge >= 0.3 is 6.18 Å². The Balaban J connectivity index is 2.25. The predicted octanol–water partition coefficient (Wildman–Crippen LogP) is 3.12. The monoisotopic (exact) mass is 317 g/mol. The largest absolute Gasteiger partial charge is 0.416 e. The number of amides is 1. The molecule has 8 heteroatoms. The summed E-state index contributed by atoms with van der Waals surface area (Å²) >= 11 is 1.37. The first-order chi connectivity index (χ1) is 9.65. The van der Waals surface area contributed by atoms with E-state index in [2.05, 4.69) is 10.4 Å². The summed E-state index contributed by atoms with van der Waals surface area (Å²) in [5.41, 5.74) is 2.25. The summed E-state index contributed by atoms with van der Waals surface area (Å²) < 4.78 is 37.5. The van der Waals surface area contributed by atoms with E-state index in [1.807, 2.05) is 13.8 Å². The molecule has 0 radical (unpaired) electrons. The van der Waals surface area contributed by atoms with Crippen LogP contribution in [-0.2, 0) is 6.18 Å². The molecule has 1 saturated heterocycles. The van der Waals surface area contributed by atoms with Crippen molar-refractivity contribution in [3.63, 3.8) is 0 Å². The summed E-state index contributed by atoms with van der Waals surface area (Å²) in [5, 5.41) is 1.95. The van der Waals surface area contributed by atoms with E-state index in [0.717, 1.165) is 12.1 Å². The number of amidine groups is 1. The van der Waals surface area contributed by atoms with Gasteiger partial charge in [-0.2, -0.15) is 13.2 Å². The highest BCUT2D eigenvalue weighted by Crippen LogP contribution is 2.35. The summed E-state index contributed by atoms with van der Waals surface area (Å²) in [7, 11) is 1.59. The molecule has 1 aromatic rings. The van der Waals surface area contributed by atoms with Crippen LogP contribution in [0.1, 0.15) is 29.8 Å². The van der Waals surface area contributed by atoms with E-state index in [1.165, 1.54) is 28.9 Å². The Labute approximate surface area is 124 Å². The van der Waals surface area contributed by atoms with Gasteiger partial charge in [0.2, 0.25) is 0 Å². The van der Waals surface area contributed by atoms with Crippen molar-refractivity contribution in [3.8, 4) is 0 Å². The van der Waals surface area contributed by atoms with Crippen LogP contribution in [0.25, 0.3) is 0 Å². The molecule has 4 nitrogen and oxygen atoms in total. The van der Waals surface area contributed by atoms with E-state index < -0.39 is 22.5 Å². The summed E-state index contributed by atoms with van der Waals surface area (Å²) in [6.45, 7) is 3.65. The molecule has 1 heterocycles. The molecule has 1 aliphatic rings. The van der Waals surface area contributed by atoms with Crippen molar-refractivity contribution in [2.75, 3.05) is 7.05 Å². The number of aliphatic imine (C=N–C) groups is 1. The van der Waals surface area contributed by atoms with Gasteiger partial charge < -0.3 is 0 Å².